The van der Waals surface area contributed by atoms with E-state index < -0.39 is 5.60 Å². The molecular weight excluding hydrogens is 392 g/mol. The topological polar surface area (TPSA) is 95.4 Å². The highest BCUT2D eigenvalue weighted by molar-refractivity contribution is 6.00. The summed E-state index contributed by atoms with van der Waals surface area (Å²) in [6.45, 7) is 2.47. The van der Waals surface area contributed by atoms with Gasteiger partial charge in [0.05, 0.1) is 17.1 Å². The average Bonchev–Trinajstić information content (AvgIpc) is 3.44. The minimum atomic E-state index is -0.616. The summed E-state index contributed by atoms with van der Waals surface area (Å²) in [4.78, 5) is 8.75. The highest BCUT2D eigenvalue weighted by atomic mass is 16.6. The molecule has 2 bridgehead atoms. The Morgan fingerprint density at radius 1 is 1.26 bits per heavy atom. The Labute approximate surface area is 181 Å². The first-order valence-corrected chi connectivity index (χ1v) is 11.2. The molecule has 162 valence electrons. The van der Waals surface area contributed by atoms with E-state index in [-0.39, 0.29) is 11.6 Å². The van der Waals surface area contributed by atoms with Crippen LogP contribution in [-0.4, -0.2) is 43.6 Å². The summed E-state index contributed by atoms with van der Waals surface area (Å²) >= 11 is 0. The van der Waals surface area contributed by atoms with E-state index >= 15 is 0 Å². The number of nitrogens with zero attached hydrogens (tertiary/aromatic N) is 3. The maximum atomic E-state index is 10.2. The van der Waals surface area contributed by atoms with E-state index in [9.17, 15) is 5.11 Å². The summed E-state index contributed by atoms with van der Waals surface area (Å²) in [6, 6.07) is 8.32. The van der Waals surface area contributed by atoms with E-state index in [0.717, 1.165) is 53.6 Å². The number of aliphatic hydroxyl groups is 1. The van der Waals surface area contributed by atoms with E-state index in [1.165, 1.54) is 6.33 Å². The molecule has 4 heterocycles. The summed E-state index contributed by atoms with van der Waals surface area (Å²) in [5.41, 5.74) is 8.37. The third-order valence-electron chi connectivity index (χ3n) is 7.29. The molecule has 3 N–H and O–H groups in total. The smallest absolute Gasteiger partial charge is 0.146 e. The number of nitrogens with two attached hydrogens (primary N) is 1. The standard InChI is InChI=1S/C24H28N4O3/c1-23(29)10-16(11-23)28-12-19(20-21(25)26-14-27-22(20)28)15-3-2-4-18(9-15)30-13-24-7-5-17(31-24)6-8-24/h2-4,9,12,14,16-17,29H,5-8,10-11,13H2,1H3,(H2,25,26,27). The highest BCUT2D eigenvalue weighted by Crippen LogP contribution is 2.46. The molecule has 7 heteroatoms. The number of benzene rings is 1. The highest BCUT2D eigenvalue weighted by Gasteiger charge is 2.46. The van der Waals surface area contributed by atoms with Gasteiger partial charge >= 0.3 is 0 Å². The van der Waals surface area contributed by atoms with E-state index in [0.29, 0.717) is 31.4 Å². The van der Waals surface area contributed by atoms with Gasteiger partial charge < -0.3 is 24.9 Å². The molecule has 0 unspecified atom stereocenters. The van der Waals surface area contributed by atoms with Crippen LogP contribution < -0.4 is 10.5 Å². The predicted molar refractivity (Wildman–Crippen MR) is 118 cm³/mol. The summed E-state index contributed by atoms with van der Waals surface area (Å²) in [5, 5.41) is 11.1. The second kappa shape index (κ2) is 6.68. The lowest BCUT2D eigenvalue weighted by Gasteiger charge is -2.41. The summed E-state index contributed by atoms with van der Waals surface area (Å²) in [5.74, 6) is 1.29. The van der Waals surface area contributed by atoms with Crippen LogP contribution in [0, 0.1) is 0 Å². The number of hydrogen-bond donors (Lipinski definition) is 2. The fourth-order valence-corrected chi connectivity index (χ4v) is 5.61. The van der Waals surface area contributed by atoms with Gasteiger partial charge in [0.25, 0.3) is 0 Å². The lowest BCUT2D eigenvalue weighted by Crippen LogP contribution is -2.41. The Morgan fingerprint density at radius 3 is 2.77 bits per heavy atom. The molecule has 0 spiro atoms. The van der Waals surface area contributed by atoms with Crippen molar-refractivity contribution in [1.82, 2.24) is 14.5 Å². The molecule has 1 aromatic carbocycles. The molecule has 2 aliphatic heterocycles. The lowest BCUT2D eigenvalue weighted by molar-refractivity contribution is -0.0498. The van der Waals surface area contributed by atoms with Crippen molar-refractivity contribution < 1.29 is 14.6 Å². The maximum Gasteiger partial charge on any atom is 0.146 e. The Bertz CT molecular complexity index is 1140. The molecule has 7 nitrogen and oxygen atoms in total. The molecule has 0 radical (unpaired) electrons. The van der Waals surface area contributed by atoms with Crippen molar-refractivity contribution in [2.45, 2.75) is 68.8 Å². The molecule has 1 aliphatic carbocycles. The number of rotatable bonds is 5. The normalized spacial score (nSPS) is 31.8. The zero-order chi connectivity index (χ0) is 21.2. The van der Waals surface area contributed by atoms with Crippen molar-refractivity contribution in [1.29, 1.82) is 0 Å². The quantitative estimate of drug-likeness (QED) is 0.651. The van der Waals surface area contributed by atoms with Crippen molar-refractivity contribution in [2.75, 3.05) is 12.3 Å². The van der Waals surface area contributed by atoms with E-state index in [4.69, 9.17) is 15.2 Å². The van der Waals surface area contributed by atoms with Gasteiger partial charge in [-0.3, -0.25) is 0 Å². The van der Waals surface area contributed by atoms with Crippen LogP contribution in [0.15, 0.2) is 36.8 Å². The second-order valence-corrected chi connectivity index (χ2v) is 9.78. The first-order valence-electron chi connectivity index (χ1n) is 11.2. The van der Waals surface area contributed by atoms with Crippen molar-refractivity contribution in [3.63, 3.8) is 0 Å². The Kier molecular flexibility index (Phi) is 4.11. The van der Waals surface area contributed by atoms with E-state index in [2.05, 4.69) is 32.9 Å². The van der Waals surface area contributed by atoms with E-state index in [1.54, 1.807) is 0 Å². The zero-order valence-electron chi connectivity index (χ0n) is 17.8. The van der Waals surface area contributed by atoms with Crippen LogP contribution in [0.25, 0.3) is 22.2 Å². The van der Waals surface area contributed by atoms with Crippen molar-refractivity contribution in [3.8, 4) is 16.9 Å². The number of ether oxygens (including phenoxy) is 2. The first-order chi connectivity index (χ1) is 14.9. The molecule has 2 saturated heterocycles. The third-order valence-corrected chi connectivity index (χ3v) is 7.29. The molecule has 2 aromatic heterocycles. The van der Waals surface area contributed by atoms with Gasteiger partial charge in [-0.25, -0.2) is 9.97 Å². The van der Waals surface area contributed by atoms with Crippen LogP contribution >= 0.6 is 0 Å². The van der Waals surface area contributed by atoms with Gasteiger partial charge in [0.1, 0.15) is 35.7 Å². The van der Waals surface area contributed by atoms with Crippen LogP contribution in [0.1, 0.15) is 51.5 Å². The van der Waals surface area contributed by atoms with Gasteiger partial charge in [0, 0.05) is 17.8 Å². The molecule has 6 rings (SSSR count). The molecule has 0 amide bonds. The van der Waals surface area contributed by atoms with Gasteiger partial charge in [0.2, 0.25) is 0 Å². The lowest BCUT2D eigenvalue weighted by atomic mass is 9.77. The van der Waals surface area contributed by atoms with Crippen LogP contribution in [0.5, 0.6) is 5.75 Å². The molecule has 0 atom stereocenters. The van der Waals surface area contributed by atoms with Gasteiger partial charge in [0.15, 0.2) is 0 Å². The monoisotopic (exact) mass is 420 g/mol. The van der Waals surface area contributed by atoms with Crippen LogP contribution in [0.4, 0.5) is 5.82 Å². The fraction of sp³-hybridized carbons (Fsp3) is 0.500. The first kappa shape index (κ1) is 19.1. The molecular formula is C24H28N4O3. The predicted octanol–water partition coefficient (Wildman–Crippen LogP) is 3.86. The molecule has 3 aliphatic rings. The minimum absolute atomic E-state index is 0.101. The number of anilines is 1. The summed E-state index contributed by atoms with van der Waals surface area (Å²) in [6.07, 6.45) is 9.90. The molecule has 3 aromatic rings. The van der Waals surface area contributed by atoms with Crippen LogP contribution in [0.2, 0.25) is 0 Å². The van der Waals surface area contributed by atoms with Crippen molar-refractivity contribution >= 4 is 16.9 Å². The molecule has 1 saturated carbocycles. The van der Waals surface area contributed by atoms with Gasteiger partial charge in [-0.05, 0) is 63.1 Å². The van der Waals surface area contributed by atoms with Crippen molar-refractivity contribution in [3.05, 3.63) is 36.8 Å². The van der Waals surface area contributed by atoms with Gasteiger partial charge in [-0.2, -0.15) is 0 Å². The SMILES string of the molecule is CC1(O)CC(n2cc(-c3cccc(OCC45CCC(CC4)O5)c3)c3c(N)ncnc32)C1. The fourth-order valence-electron chi connectivity index (χ4n) is 5.61. The Morgan fingerprint density at radius 2 is 2.06 bits per heavy atom. The summed E-state index contributed by atoms with van der Waals surface area (Å²) < 4.78 is 14.5. The third kappa shape index (κ3) is 3.18. The largest absolute Gasteiger partial charge is 0.491 e. The number of fused-ring (bicyclic) bond motifs is 3. The minimum Gasteiger partial charge on any atom is -0.491 e. The summed E-state index contributed by atoms with van der Waals surface area (Å²) in [7, 11) is 0. The van der Waals surface area contributed by atoms with Crippen LogP contribution in [-0.2, 0) is 4.74 Å². The molecule has 3 fully saturated rings. The maximum absolute atomic E-state index is 10.2. The van der Waals surface area contributed by atoms with Gasteiger partial charge in [-0.1, -0.05) is 12.1 Å². The number of hydrogen-bond acceptors (Lipinski definition) is 6. The van der Waals surface area contributed by atoms with E-state index in [1.807, 2.05) is 19.1 Å². The average molecular weight is 421 g/mol. The zero-order valence-corrected chi connectivity index (χ0v) is 17.8. The second-order valence-electron chi connectivity index (χ2n) is 9.78. The molecule has 31 heavy (non-hydrogen) atoms. The number of nitrogen functional groups attached to an aromatic ring is 1. The Hall–Kier alpha value is -2.64. The Balaban J connectivity index is 1.33. The number of aromatic nitrogens is 3. The van der Waals surface area contributed by atoms with Crippen molar-refractivity contribution in [2.24, 2.45) is 0 Å². The van der Waals surface area contributed by atoms with Gasteiger partial charge in [-0.15, -0.1) is 0 Å². The van der Waals surface area contributed by atoms with Crippen LogP contribution in [0.3, 0.4) is 0 Å².